The molecule has 2 N–H and O–H groups in total. The molecule has 0 fully saturated rings. The van der Waals surface area contributed by atoms with Crippen LogP contribution in [0.25, 0.3) is 0 Å². The molecular weight excluding hydrogens is 278 g/mol. The van der Waals surface area contributed by atoms with Crippen LogP contribution in [-0.4, -0.2) is 25.4 Å². The molecule has 0 unspecified atom stereocenters. The molecule has 22 heavy (non-hydrogen) atoms. The fourth-order valence-corrected chi connectivity index (χ4v) is 2.17. The zero-order valence-corrected chi connectivity index (χ0v) is 13.1. The van der Waals surface area contributed by atoms with E-state index in [2.05, 4.69) is 36.5 Å². The molecule has 4 heteroatoms. The quantitative estimate of drug-likeness (QED) is 0.736. The van der Waals surface area contributed by atoms with Crippen molar-refractivity contribution in [2.24, 2.45) is 0 Å². The van der Waals surface area contributed by atoms with Gasteiger partial charge in [0.1, 0.15) is 6.61 Å². The highest BCUT2D eigenvalue weighted by Gasteiger charge is 2.10. The third-order valence-electron chi connectivity index (χ3n) is 3.39. The predicted molar refractivity (Wildman–Crippen MR) is 87.3 cm³/mol. The fraction of sp³-hybridized carbons (Fsp3) is 0.333. The molecule has 2 rings (SSSR count). The molecule has 0 bridgehead atoms. The minimum atomic E-state index is 0.115. The number of ether oxygens (including phenoxy) is 2. The minimum Gasteiger partial charge on any atom is -0.493 e. The van der Waals surface area contributed by atoms with E-state index in [1.165, 1.54) is 5.56 Å². The summed E-state index contributed by atoms with van der Waals surface area (Å²) in [4.78, 5) is 0. The van der Waals surface area contributed by atoms with Gasteiger partial charge >= 0.3 is 0 Å². The van der Waals surface area contributed by atoms with Crippen molar-refractivity contribution in [1.82, 2.24) is 5.32 Å². The fourth-order valence-electron chi connectivity index (χ4n) is 2.17. The largest absolute Gasteiger partial charge is 0.493 e. The topological polar surface area (TPSA) is 50.7 Å². The van der Waals surface area contributed by atoms with Gasteiger partial charge in [0.2, 0.25) is 0 Å². The van der Waals surface area contributed by atoms with Gasteiger partial charge in [0.25, 0.3) is 0 Å². The molecule has 0 radical (unpaired) electrons. The van der Waals surface area contributed by atoms with Crippen molar-refractivity contribution in [2.75, 3.05) is 20.3 Å². The Labute approximate surface area is 131 Å². The maximum atomic E-state index is 8.87. The van der Waals surface area contributed by atoms with Crippen molar-refractivity contribution in [1.29, 1.82) is 0 Å². The number of aliphatic hydroxyl groups is 1. The Bertz CT molecular complexity index is 581. The first-order valence-corrected chi connectivity index (χ1v) is 7.40. The summed E-state index contributed by atoms with van der Waals surface area (Å²) in [5.74, 6) is 1.46. The summed E-state index contributed by atoms with van der Waals surface area (Å²) in [6.45, 7) is 3.85. The van der Waals surface area contributed by atoms with Crippen LogP contribution in [0.2, 0.25) is 0 Å². The maximum absolute atomic E-state index is 8.87. The van der Waals surface area contributed by atoms with Crippen LogP contribution in [0.1, 0.15) is 16.7 Å². The number of methoxy groups -OCH3 is 1. The van der Waals surface area contributed by atoms with Crippen molar-refractivity contribution >= 4 is 0 Å². The van der Waals surface area contributed by atoms with Gasteiger partial charge in [0.05, 0.1) is 13.7 Å². The molecule has 118 valence electrons. The smallest absolute Gasteiger partial charge is 0.166 e. The average Bonchev–Trinajstić information content (AvgIpc) is 2.55. The van der Waals surface area contributed by atoms with Crippen LogP contribution in [-0.2, 0) is 13.2 Å². The molecule has 2 aromatic carbocycles. The second kappa shape index (κ2) is 8.41. The van der Waals surface area contributed by atoms with Gasteiger partial charge in [-0.15, -0.1) is 0 Å². The van der Waals surface area contributed by atoms with Crippen molar-refractivity contribution < 1.29 is 14.6 Å². The van der Waals surface area contributed by atoms with Crippen molar-refractivity contribution in [3.63, 3.8) is 0 Å². The monoisotopic (exact) mass is 301 g/mol. The Kier molecular flexibility index (Phi) is 6.25. The van der Waals surface area contributed by atoms with Gasteiger partial charge in [-0.25, -0.2) is 0 Å². The molecule has 0 aliphatic heterocycles. The third-order valence-corrected chi connectivity index (χ3v) is 3.39. The van der Waals surface area contributed by atoms with E-state index in [-0.39, 0.29) is 6.61 Å². The average molecular weight is 301 g/mol. The molecule has 0 aromatic heterocycles. The highest BCUT2D eigenvalue weighted by molar-refractivity contribution is 5.46. The second-order valence-electron chi connectivity index (χ2n) is 5.12. The Morgan fingerprint density at radius 3 is 2.55 bits per heavy atom. The molecular formula is C18H23NO3. The van der Waals surface area contributed by atoms with E-state index in [0.717, 1.165) is 22.6 Å². The zero-order chi connectivity index (χ0) is 15.8. The van der Waals surface area contributed by atoms with E-state index in [4.69, 9.17) is 14.6 Å². The third kappa shape index (κ3) is 4.48. The molecule has 0 aliphatic carbocycles. The lowest BCUT2D eigenvalue weighted by atomic mass is 10.1. The predicted octanol–water partition coefficient (Wildman–Crippen LogP) is 2.66. The summed E-state index contributed by atoms with van der Waals surface area (Å²) < 4.78 is 11.4. The Morgan fingerprint density at radius 1 is 1.09 bits per heavy atom. The van der Waals surface area contributed by atoms with E-state index in [1.54, 1.807) is 7.11 Å². The van der Waals surface area contributed by atoms with Crippen LogP contribution in [0.4, 0.5) is 0 Å². The summed E-state index contributed by atoms with van der Waals surface area (Å²) in [5, 5.41) is 12.0. The standard InChI is InChI=1S/C18H23NO3/c1-14-6-8-15(9-7-14)13-22-18-16(12-19-10-11-20)4-3-5-17(18)21-2/h3-9,19-20H,10-13H2,1-2H3. The first-order valence-electron chi connectivity index (χ1n) is 7.40. The van der Waals surface area contributed by atoms with Gasteiger partial charge in [-0.1, -0.05) is 42.0 Å². The number of hydrogen-bond acceptors (Lipinski definition) is 4. The maximum Gasteiger partial charge on any atom is 0.166 e. The SMILES string of the molecule is COc1cccc(CNCCO)c1OCc1ccc(C)cc1. The Hall–Kier alpha value is -2.04. The molecule has 4 nitrogen and oxygen atoms in total. The van der Waals surface area contributed by atoms with Crippen molar-refractivity contribution in [2.45, 2.75) is 20.1 Å². The molecule has 0 aliphatic rings. The molecule has 0 saturated heterocycles. The second-order valence-corrected chi connectivity index (χ2v) is 5.12. The highest BCUT2D eigenvalue weighted by Crippen LogP contribution is 2.31. The lowest BCUT2D eigenvalue weighted by Gasteiger charge is -2.15. The summed E-state index contributed by atoms with van der Waals surface area (Å²) >= 11 is 0. The number of nitrogens with one attached hydrogen (secondary N) is 1. The van der Waals surface area contributed by atoms with Crippen molar-refractivity contribution in [3.05, 3.63) is 59.2 Å². The van der Waals surface area contributed by atoms with Gasteiger partial charge in [-0.3, -0.25) is 0 Å². The summed E-state index contributed by atoms with van der Waals surface area (Å²) in [7, 11) is 1.64. The van der Waals surface area contributed by atoms with Crippen LogP contribution >= 0.6 is 0 Å². The normalized spacial score (nSPS) is 10.5. The number of aryl methyl sites for hydroxylation is 1. The molecule has 2 aromatic rings. The molecule has 0 atom stereocenters. The summed E-state index contributed by atoms with van der Waals surface area (Å²) in [6.07, 6.45) is 0. The number of para-hydroxylation sites is 1. The van der Waals surface area contributed by atoms with Gasteiger partial charge in [0.15, 0.2) is 11.5 Å². The minimum absolute atomic E-state index is 0.115. The van der Waals surface area contributed by atoms with E-state index in [0.29, 0.717) is 19.7 Å². The van der Waals surface area contributed by atoms with Gasteiger partial charge in [-0.2, -0.15) is 0 Å². The number of rotatable bonds is 8. The van der Waals surface area contributed by atoms with E-state index >= 15 is 0 Å². The Morgan fingerprint density at radius 2 is 1.86 bits per heavy atom. The molecule has 0 spiro atoms. The molecule has 0 saturated carbocycles. The van der Waals surface area contributed by atoms with Gasteiger partial charge in [-0.05, 0) is 18.6 Å². The number of benzene rings is 2. The van der Waals surface area contributed by atoms with E-state index < -0.39 is 0 Å². The highest BCUT2D eigenvalue weighted by atomic mass is 16.5. The Balaban J connectivity index is 2.11. The molecule has 0 heterocycles. The van der Waals surface area contributed by atoms with Crippen LogP contribution in [0.5, 0.6) is 11.5 Å². The summed E-state index contributed by atoms with van der Waals surface area (Å²) in [6, 6.07) is 14.1. The van der Waals surface area contributed by atoms with Crippen LogP contribution < -0.4 is 14.8 Å². The number of hydrogen-bond donors (Lipinski definition) is 2. The van der Waals surface area contributed by atoms with E-state index in [1.807, 2.05) is 18.2 Å². The zero-order valence-electron chi connectivity index (χ0n) is 13.1. The van der Waals surface area contributed by atoms with Crippen LogP contribution in [0.3, 0.4) is 0 Å². The lowest BCUT2D eigenvalue weighted by molar-refractivity contribution is 0.277. The lowest BCUT2D eigenvalue weighted by Crippen LogP contribution is -2.18. The van der Waals surface area contributed by atoms with Crippen LogP contribution in [0.15, 0.2) is 42.5 Å². The first kappa shape index (κ1) is 16.3. The summed E-state index contributed by atoms with van der Waals surface area (Å²) in [5.41, 5.74) is 3.36. The number of aliphatic hydroxyl groups excluding tert-OH is 1. The first-order chi connectivity index (χ1) is 10.7. The molecule has 0 amide bonds. The van der Waals surface area contributed by atoms with Crippen molar-refractivity contribution in [3.8, 4) is 11.5 Å². The van der Waals surface area contributed by atoms with Gasteiger partial charge in [0, 0.05) is 18.7 Å². The van der Waals surface area contributed by atoms with E-state index in [9.17, 15) is 0 Å². The van der Waals surface area contributed by atoms with Gasteiger partial charge < -0.3 is 19.9 Å². The van der Waals surface area contributed by atoms with Crippen LogP contribution in [0, 0.1) is 6.92 Å².